The predicted octanol–water partition coefficient (Wildman–Crippen LogP) is 4.16. The van der Waals surface area contributed by atoms with Crippen LogP contribution >= 0.6 is 0 Å². The lowest BCUT2D eigenvalue weighted by Gasteiger charge is -2.24. The highest BCUT2D eigenvalue weighted by atomic mass is 16.6. The predicted molar refractivity (Wildman–Crippen MR) is 104 cm³/mol. The number of rotatable bonds is 2. The molecule has 3 N–H and O–H groups in total. The van der Waals surface area contributed by atoms with Crippen LogP contribution in [0.5, 0.6) is 5.75 Å². The van der Waals surface area contributed by atoms with E-state index in [1.54, 1.807) is 0 Å². The van der Waals surface area contributed by atoms with Crippen LogP contribution in [0.4, 0.5) is 0 Å². The quantitative estimate of drug-likeness (QED) is 0.539. The molecular weight excluding hydrogens is 322 g/mol. The summed E-state index contributed by atoms with van der Waals surface area (Å²) >= 11 is 0. The van der Waals surface area contributed by atoms with E-state index >= 15 is 0 Å². The Morgan fingerprint density at radius 3 is 2.58 bits per heavy atom. The van der Waals surface area contributed by atoms with Crippen molar-refractivity contribution in [3.05, 3.63) is 89.6 Å². The summed E-state index contributed by atoms with van der Waals surface area (Å²) in [5, 5.41) is 2.03. The second-order valence-electron chi connectivity index (χ2n) is 6.45. The molecule has 5 rings (SSSR count). The van der Waals surface area contributed by atoms with E-state index < -0.39 is 0 Å². The fraction of sp³-hybridized carbons (Fsp3) is 0.0455. The number of hydroxylamine groups is 1. The molecule has 0 bridgehead atoms. The molecule has 3 aromatic carbocycles. The molecule has 0 fully saturated rings. The molecule has 0 atom stereocenters. The van der Waals surface area contributed by atoms with Crippen molar-refractivity contribution in [2.24, 2.45) is 5.73 Å². The van der Waals surface area contributed by atoms with Gasteiger partial charge in [-0.25, -0.2) is 10.5 Å². The largest absolute Gasteiger partial charge is 0.397 e. The van der Waals surface area contributed by atoms with Gasteiger partial charge in [0, 0.05) is 22.8 Å². The van der Waals surface area contributed by atoms with Gasteiger partial charge in [-0.1, -0.05) is 48.5 Å². The van der Waals surface area contributed by atoms with Gasteiger partial charge in [0.15, 0.2) is 5.75 Å². The lowest BCUT2D eigenvalue weighted by atomic mass is 10.0. The molecule has 4 heteroatoms. The molecule has 0 aliphatic carbocycles. The van der Waals surface area contributed by atoms with Gasteiger partial charge < -0.3 is 10.6 Å². The van der Waals surface area contributed by atoms with Gasteiger partial charge in [0.2, 0.25) is 0 Å². The summed E-state index contributed by atoms with van der Waals surface area (Å²) in [6.45, 7) is 0. The zero-order valence-electron chi connectivity index (χ0n) is 14.1. The zero-order valence-corrected chi connectivity index (χ0v) is 14.1. The van der Waals surface area contributed by atoms with Crippen molar-refractivity contribution < 1.29 is 4.84 Å². The number of nitrogens with zero attached hydrogens (tertiary/aromatic N) is 1. The van der Waals surface area contributed by atoms with Gasteiger partial charge in [-0.15, -0.1) is 0 Å². The topological polar surface area (TPSA) is 60.2 Å². The Balaban J connectivity index is 1.65. The highest BCUT2D eigenvalue weighted by Crippen LogP contribution is 2.36. The maximum Gasteiger partial charge on any atom is 0.173 e. The number of pyridine rings is 1. The Morgan fingerprint density at radius 2 is 1.69 bits per heavy atom. The van der Waals surface area contributed by atoms with Crippen LogP contribution in [0, 0.1) is 0 Å². The first-order valence-corrected chi connectivity index (χ1v) is 8.58. The molecule has 0 saturated heterocycles. The summed E-state index contributed by atoms with van der Waals surface area (Å²) in [4.78, 5) is 10.6. The molecule has 0 saturated carbocycles. The summed E-state index contributed by atoms with van der Waals surface area (Å²) in [6.07, 6.45) is 0.695. The third-order valence-electron chi connectivity index (χ3n) is 4.77. The lowest BCUT2D eigenvalue weighted by molar-refractivity contribution is 0.224. The number of allylic oxidation sites excluding steroid dienone is 1. The minimum atomic E-state index is 0.695. The number of aromatic nitrogens is 1. The maximum absolute atomic E-state index is 6.46. The van der Waals surface area contributed by atoms with Crippen LogP contribution in [0.25, 0.3) is 27.5 Å². The van der Waals surface area contributed by atoms with Crippen LogP contribution in [0.1, 0.15) is 11.1 Å². The molecule has 0 amide bonds. The number of nitrogens with two attached hydrogens (primary N) is 1. The van der Waals surface area contributed by atoms with Gasteiger partial charge in [0.25, 0.3) is 0 Å². The smallest absolute Gasteiger partial charge is 0.173 e. The molecule has 26 heavy (non-hydrogen) atoms. The van der Waals surface area contributed by atoms with E-state index in [-0.39, 0.29) is 0 Å². The standard InChI is InChI=1S/C22H17N3O/c23-21-16-10-11-19-17(13-15-8-4-5-9-18(15)24-19)22(16)26-25-20(21)12-14-6-2-1-3-7-14/h1-11,13,25H,12,23H2. The Morgan fingerprint density at radius 1 is 0.885 bits per heavy atom. The molecule has 1 aliphatic rings. The van der Waals surface area contributed by atoms with Gasteiger partial charge >= 0.3 is 0 Å². The number of hydrogen-bond donors (Lipinski definition) is 2. The highest BCUT2D eigenvalue weighted by Gasteiger charge is 2.21. The number of fused-ring (bicyclic) bond motifs is 4. The Labute approximate surface area is 150 Å². The number of hydrogen-bond acceptors (Lipinski definition) is 4. The minimum absolute atomic E-state index is 0.695. The zero-order chi connectivity index (χ0) is 17.5. The first kappa shape index (κ1) is 14.8. The molecule has 0 unspecified atom stereocenters. The van der Waals surface area contributed by atoms with Crippen molar-refractivity contribution in [1.29, 1.82) is 0 Å². The molecule has 2 heterocycles. The van der Waals surface area contributed by atoms with E-state index in [9.17, 15) is 0 Å². The van der Waals surface area contributed by atoms with Crippen molar-refractivity contribution in [1.82, 2.24) is 10.5 Å². The van der Waals surface area contributed by atoms with E-state index in [0.717, 1.165) is 38.8 Å². The second kappa shape index (κ2) is 5.77. The number of nitrogens with one attached hydrogen (secondary N) is 1. The molecule has 1 aliphatic heterocycles. The van der Waals surface area contributed by atoms with E-state index in [0.29, 0.717) is 12.1 Å². The first-order valence-electron chi connectivity index (χ1n) is 8.58. The summed E-state index contributed by atoms with van der Waals surface area (Å²) in [5.41, 5.74) is 15.0. The van der Waals surface area contributed by atoms with Crippen LogP contribution in [0.3, 0.4) is 0 Å². The van der Waals surface area contributed by atoms with Crippen LogP contribution in [0.2, 0.25) is 0 Å². The van der Waals surface area contributed by atoms with E-state index in [4.69, 9.17) is 15.6 Å². The Kier molecular flexibility index (Phi) is 3.28. The summed E-state index contributed by atoms with van der Waals surface area (Å²) in [7, 11) is 0. The minimum Gasteiger partial charge on any atom is -0.397 e. The normalized spacial score (nSPS) is 13.4. The van der Waals surface area contributed by atoms with Crippen LogP contribution < -0.4 is 16.1 Å². The van der Waals surface area contributed by atoms with Gasteiger partial charge in [-0.05, 0) is 29.8 Å². The van der Waals surface area contributed by atoms with Gasteiger partial charge in [-0.2, -0.15) is 0 Å². The molecule has 0 spiro atoms. The van der Waals surface area contributed by atoms with Crippen LogP contribution in [-0.4, -0.2) is 4.98 Å². The molecule has 4 nitrogen and oxygen atoms in total. The fourth-order valence-electron chi connectivity index (χ4n) is 3.41. The molecule has 0 radical (unpaired) electrons. The molecule has 126 valence electrons. The van der Waals surface area contributed by atoms with Crippen molar-refractivity contribution in [3.63, 3.8) is 0 Å². The second-order valence-corrected chi connectivity index (χ2v) is 6.45. The molecular formula is C22H17N3O. The number of para-hydroxylation sites is 1. The summed E-state index contributed by atoms with van der Waals surface area (Å²) < 4.78 is 0. The third-order valence-corrected chi connectivity index (χ3v) is 4.77. The Bertz CT molecular complexity index is 1170. The molecule has 4 aromatic rings. The van der Waals surface area contributed by atoms with Crippen molar-refractivity contribution in [2.75, 3.05) is 0 Å². The summed E-state index contributed by atoms with van der Waals surface area (Å²) in [6, 6.07) is 24.4. The summed E-state index contributed by atoms with van der Waals surface area (Å²) in [5.74, 6) is 0.732. The molecule has 1 aromatic heterocycles. The number of benzene rings is 3. The van der Waals surface area contributed by atoms with Crippen LogP contribution in [-0.2, 0) is 6.42 Å². The monoisotopic (exact) mass is 339 g/mol. The third kappa shape index (κ3) is 2.35. The van der Waals surface area contributed by atoms with E-state index in [1.165, 1.54) is 5.56 Å². The van der Waals surface area contributed by atoms with Crippen molar-refractivity contribution >= 4 is 27.5 Å². The SMILES string of the molecule is NC1=C(Cc2ccccc2)NOc2c1ccc1nc3ccccc3cc21. The lowest BCUT2D eigenvalue weighted by Crippen LogP contribution is -2.28. The van der Waals surface area contributed by atoms with Crippen LogP contribution in [0.15, 0.2) is 78.5 Å². The van der Waals surface area contributed by atoms with Crippen molar-refractivity contribution in [3.8, 4) is 5.75 Å². The van der Waals surface area contributed by atoms with E-state index in [2.05, 4.69) is 29.7 Å². The first-order chi connectivity index (χ1) is 12.8. The van der Waals surface area contributed by atoms with E-state index in [1.807, 2.05) is 48.5 Å². The van der Waals surface area contributed by atoms with Gasteiger partial charge in [0.1, 0.15) is 0 Å². The average molecular weight is 339 g/mol. The van der Waals surface area contributed by atoms with Crippen molar-refractivity contribution in [2.45, 2.75) is 6.42 Å². The highest BCUT2D eigenvalue weighted by molar-refractivity contribution is 5.98. The Hall–Kier alpha value is -3.53. The average Bonchev–Trinajstić information content (AvgIpc) is 2.69. The van der Waals surface area contributed by atoms with Gasteiger partial charge in [-0.3, -0.25) is 0 Å². The maximum atomic E-state index is 6.46. The van der Waals surface area contributed by atoms with Gasteiger partial charge in [0.05, 0.1) is 22.4 Å². The fourth-order valence-corrected chi connectivity index (χ4v) is 3.41.